The summed E-state index contributed by atoms with van der Waals surface area (Å²) in [5.41, 5.74) is 9.66. The highest BCUT2D eigenvalue weighted by Crippen LogP contribution is 2.36. The van der Waals surface area contributed by atoms with Crippen molar-refractivity contribution < 1.29 is 19.0 Å². The minimum Gasteiger partial charge on any atom is -0.494 e. The van der Waals surface area contributed by atoms with Crippen LogP contribution in [0.1, 0.15) is 6.92 Å². The molecule has 32 heavy (non-hydrogen) atoms. The Morgan fingerprint density at radius 3 is 2.41 bits per heavy atom. The van der Waals surface area contributed by atoms with Gasteiger partial charge in [0, 0.05) is 50.5 Å². The molecule has 3 rings (SSSR count). The third-order valence-electron chi connectivity index (χ3n) is 4.76. The van der Waals surface area contributed by atoms with E-state index < -0.39 is 0 Å². The zero-order valence-corrected chi connectivity index (χ0v) is 20.1. The number of benzene rings is 2. The molecule has 0 aliphatic carbocycles. The molecule has 172 valence electrons. The van der Waals surface area contributed by atoms with Crippen LogP contribution in [0.2, 0.25) is 0 Å². The maximum atomic E-state index is 12.0. The lowest BCUT2D eigenvalue weighted by Gasteiger charge is -2.27. The number of nitrogens with two attached hydrogens (primary N) is 1. The largest absolute Gasteiger partial charge is 0.494 e. The number of carbonyl (C=O) groups is 1. The van der Waals surface area contributed by atoms with Gasteiger partial charge >= 0.3 is 0 Å². The number of aromatic nitrogens is 3. The topological polar surface area (TPSA) is 117 Å². The lowest BCUT2D eigenvalue weighted by Crippen LogP contribution is -2.31. The Kier molecular flexibility index (Phi) is 7.89. The number of nitrogen functional groups attached to an aromatic ring is 1. The smallest absolute Gasteiger partial charge is 0.221 e. The monoisotopic (exact) mass is 506 g/mol. The lowest BCUT2D eigenvalue weighted by molar-refractivity contribution is -0.114. The molecule has 2 aromatic carbocycles. The number of carbonyl (C=O) groups excluding carboxylic acids is 1. The molecule has 0 spiro atoms. The molecule has 0 unspecified atom stereocenters. The number of anilines is 3. The number of halogens is 1. The molecule has 3 aromatic rings. The van der Waals surface area contributed by atoms with Gasteiger partial charge in [-0.15, -0.1) is 15.0 Å². The maximum Gasteiger partial charge on any atom is 0.221 e. The molecule has 1 aromatic heterocycles. The molecule has 10 nitrogen and oxygen atoms in total. The van der Waals surface area contributed by atoms with E-state index in [4.69, 9.17) is 19.9 Å². The number of nitrogens with zero attached hydrogens (tertiary/aromatic N) is 4. The second-order valence-corrected chi connectivity index (χ2v) is 7.91. The average Bonchev–Trinajstić information content (AvgIpc) is 3.17. The zero-order valence-electron chi connectivity index (χ0n) is 18.5. The summed E-state index contributed by atoms with van der Waals surface area (Å²) in [6.45, 7) is 3.72. The molecule has 0 fully saturated rings. The first kappa shape index (κ1) is 23.8. The fourth-order valence-corrected chi connectivity index (χ4v) is 3.83. The number of rotatable bonds is 10. The van der Waals surface area contributed by atoms with Gasteiger partial charge in [0.2, 0.25) is 5.91 Å². The van der Waals surface area contributed by atoms with Crippen molar-refractivity contribution in [1.82, 2.24) is 15.0 Å². The van der Waals surface area contributed by atoms with E-state index >= 15 is 0 Å². The minimum absolute atomic E-state index is 0.218. The summed E-state index contributed by atoms with van der Waals surface area (Å²) < 4.78 is 16.9. The van der Waals surface area contributed by atoms with Gasteiger partial charge < -0.3 is 30.2 Å². The van der Waals surface area contributed by atoms with Crippen LogP contribution in [0, 0.1) is 0 Å². The van der Waals surface area contributed by atoms with E-state index in [9.17, 15) is 4.79 Å². The number of fused-ring (bicyclic) bond motifs is 1. The van der Waals surface area contributed by atoms with E-state index in [0.29, 0.717) is 60.1 Å². The van der Waals surface area contributed by atoms with Crippen LogP contribution in [0.15, 0.2) is 28.7 Å². The molecule has 0 aliphatic heterocycles. The number of ether oxygens (including phenoxy) is 3. The van der Waals surface area contributed by atoms with E-state index in [0.717, 1.165) is 10.2 Å². The fraction of sp³-hybridized carbons (Fsp3) is 0.381. The minimum atomic E-state index is -0.218. The van der Waals surface area contributed by atoms with Crippen LogP contribution in [-0.4, -0.2) is 68.5 Å². The Labute approximate surface area is 194 Å². The van der Waals surface area contributed by atoms with Gasteiger partial charge in [0.1, 0.15) is 22.5 Å². The van der Waals surface area contributed by atoms with E-state index in [1.165, 1.54) is 11.7 Å². The molecular weight excluding hydrogens is 480 g/mol. The van der Waals surface area contributed by atoms with Crippen LogP contribution >= 0.6 is 15.9 Å². The van der Waals surface area contributed by atoms with Gasteiger partial charge in [-0.05, 0) is 34.1 Å². The van der Waals surface area contributed by atoms with Crippen molar-refractivity contribution in [3.05, 3.63) is 28.7 Å². The second-order valence-electron chi connectivity index (χ2n) is 7.05. The Morgan fingerprint density at radius 2 is 1.81 bits per heavy atom. The van der Waals surface area contributed by atoms with Crippen molar-refractivity contribution in [3.8, 4) is 11.4 Å². The average molecular weight is 507 g/mol. The van der Waals surface area contributed by atoms with Gasteiger partial charge in [0.15, 0.2) is 0 Å². The van der Waals surface area contributed by atoms with Gasteiger partial charge in [-0.2, -0.15) is 0 Å². The molecule has 1 amide bonds. The van der Waals surface area contributed by atoms with Crippen LogP contribution in [0.4, 0.5) is 17.1 Å². The standard InChI is InChI=1S/C21H27BrN6O4/c1-13(29)24-16-11-19(27(5-7-30-2)6-8-31-3)20(32-4)12-18(16)28-25-17-10-14(23)9-15(22)21(17)26-28/h9-12H,5-8,23H2,1-4H3,(H,24,29). The molecule has 3 N–H and O–H groups in total. The Balaban J connectivity index is 2.16. The highest BCUT2D eigenvalue weighted by molar-refractivity contribution is 9.10. The van der Waals surface area contributed by atoms with Gasteiger partial charge in [-0.3, -0.25) is 4.79 Å². The summed E-state index contributed by atoms with van der Waals surface area (Å²) in [6.07, 6.45) is 0. The summed E-state index contributed by atoms with van der Waals surface area (Å²) in [6, 6.07) is 7.15. The zero-order chi connectivity index (χ0) is 23.3. The van der Waals surface area contributed by atoms with E-state index in [1.807, 2.05) is 6.07 Å². The highest BCUT2D eigenvalue weighted by Gasteiger charge is 2.20. The van der Waals surface area contributed by atoms with Crippen molar-refractivity contribution in [3.63, 3.8) is 0 Å². The van der Waals surface area contributed by atoms with E-state index in [-0.39, 0.29) is 5.91 Å². The van der Waals surface area contributed by atoms with Crippen molar-refractivity contribution in [2.45, 2.75) is 6.92 Å². The quantitative estimate of drug-likeness (QED) is 0.403. The molecular formula is C21H27BrN6O4. The third-order valence-corrected chi connectivity index (χ3v) is 5.36. The molecule has 11 heteroatoms. The van der Waals surface area contributed by atoms with Crippen molar-refractivity contribution in [1.29, 1.82) is 0 Å². The Bertz CT molecular complexity index is 1100. The molecule has 0 atom stereocenters. The molecule has 0 radical (unpaired) electrons. The lowest BCUT2D eigenvalue weighted by atomic mass is 10.2. The highest BCUT2D eigenvalue weighted by atomic mass is 79.9. The summed E-state index contributed by atoms with van der Waals surface area (Å²) in [4.78, 5) is 15.5. The molecule has 0 saturated carbocycles. The van der Waals surface area contributed by atoms with Crippen LogP contribution in [0.3, 0.4) is 0 Å². The number of hydrogen-bond acceptors (Lipinski definition) is 8. The number of methoxy groups -OCH3 is 3. The Morgan fingerprint density at radius 1 is 1.12 bits per heavy atom. The first-order valence-electron chi connectivity index (χ1n) is 9.92. The van der Waals surface area contributed by atoms with Crippen LogP contribution in [0.5, 0.6) is 5.75 Å². The fourth-order valence-electron chi connectivity index (χ4n) is 3.29. The first-order valence-corrected chi connectivity index (χ1v) is 10.7. The SMILES string of the molecule is COCCN(CCOC)c1cc(NC(C)=O)c(-n2nc3cc(N)cc(Br)c3n2)cc1OC. The van der Waals surface area contributed by atoms with Gasteiger partial charge in [-0.25, -0.2) is 0 Å². The third kappa shape index (κ3) is 5.29. The van der Waals surface area contributed by atoms with Crippen molar-refractivity contribution >= 4 is 49.9 Å². The number of amides is 1. The van der Waals surface area contributed by atoms with Crippen molar-refractivity contribution in [2.24, 2.45) is 0 Å². The van der Waals surface area contributed by atoms with Gasteiger partial charge in [0.25, 0.3) is 0 Å². The summed E-state index contributed by atoms with van der Waals surface area (Å²) in [7, 11) is 4.89. The van der Waals surface area contributed by atoms with Crippen LogP contribution < -0.4 is 20.7 Å². The van der Waals surface area contributed by atoms with Gasteiger partial charge in [0.05, 0.1) is 31.7 Å². The molecule has 1 heterocycles. The molecule has 0 bridgehead atoms. The van der Waals surface area contributed by atoms with Crippen LogP contribution in [-0.2, 0) is 14.3 Å². The Hall–Kier alpha value is -2.89. The number of nitrogens with one attached hydrogen (secondary N) is 1. The van der Waals surface area contributed by atoms with Gasteiger partial charge in [-0.1, -0.05) is 0 Å². The van der Waals surface area contributed by atoms with Crippen LogP contribution in [0.25, 0.3) is 16.7 Å². The summed E-state index contributed by atoms with van der Waals surface area (Å²) in [5, 5.41) is 12.0. The maximum absolute atomic E-state index is 12.0. The predicted molar refractivity (Wildman–Crippen MR) is 128 cm³/mol. The normalized spacial score (nSPS) is 11.0. The summed E-state index contributed by atoms with van der Waals surface area (Å²) >= 11 is 3.48. The second kappa shape index (κ2) is 10.6. The predicted octanol–water partition coefficient (Wildman–Crippen LogP) is 2.83. The molecule has 0 aliphatic rings. The van der Waals surface area contributed by atoms with E-state index in [2.05, 4.69) is 36.3 Å². The number of hydrogen-bond donors (Lipinski definition) is 2. The van der Waals surface area contributed by atoms with E-state index in [1.54, 1.807) is 39.5 Å². The first-order chi connectivity index (χ1) is 15.4. The molecule has 0 saturated heterocycles. The van der Waals surface area contributed by atoms with Crippen molar-refractivity contribution in [2.75, 3.05) is 63.6 Å². The summed E-state index contributed by atoms with van der Waals surface area (Å²) in [5.74, 6) is 0.381.